The Bertz CT molecular complexity index is 422. The summed E-state index contributed by atoms with van der Waals surface area (Å²) in [5, 5.41) is 17.9. The van der Waals surface area contributed by atoms with E-state index in [0.717, 1.165) is 19.3 Å². The zero-order chi connectivity index (χ0) is 13.4. The molecule has 0 spiro atoms. The van der Waals surface area contributed by atoms with Crippen molar-refractivity contribution < 1.29 is 9.53 Å². The van der Waals surface area contributed by atoms with E-state index in [1.165, 1.54) is 6.08 Å². The van der Waals surface area contributed by atoms with Gasteiger partial charge in [-0.1, -0.05) is 25.5 Å². The molecule has 0 radical (unpaired) electrons. The maximum absolute atomic E-state index is 11.9. The molecule has 0 aromatic carbocycles. The van der Waals surface area contributed by atoms with Crippen LogP contribution in [0.5, 0.6) is 0 Å². The Labute approximate surface area is 107 Å². The third-order valence-corrected chi connectivity index (χ3v) is 3.03. The predicted octanol–water partition coefficient (Wildman–Crippen LogP) is 2.64. The molecule has 1 atom stereocenters. The number of nitriles is 2. The first-order chi connectivity index (χ1) is 8.74. The maximum atomic E-state index is 11.9. The Balaban J connectivity index is 2.99. The normalized spacial score (nSPS) is 19.0. The Morgan fingerprint density at radius 1 is 1.39 bits per heavy atom. The molecule has 1 fully saturated rings. The van der Waals surface area contributed by atoms with Crippen molar-refractivity contribution in [2.45, 2.75) is 32.1 Å². The van der Waals surface area contributed by atoms with Crippen LogP contribution in [0.2, 0.25) is 0 Å². The first kappa shape index (κ1) is 14.0. The summed E-state index contributed by atoms with van der Waals surface area (Å²) in [5.41, 5.74) is 0.712. The van der Waals surface area contributed by atoms with Gasteiger partial charge in [0, 0.05) is 0 Å². The highest BCUT2D eigenvalue weighted by Gasteiger charge is 2.28. The zero-order valence-corrected chi connectivity index (χ0v) is 10.3. The minimum Gasteiger partial charge on any atom is -0.461 e. The second kappa shape index (κ2) is 7.29. The molecule has 1 unspecified atom stereocenters. The number of carbonyl (C=O) groups is 1. The first-order valence-corrected chi connectivity index (χ1v) is 6.05. The van der Waals surface area contributed by atoms with E-state index in [4.69, 9.17) is 15.3 Å². The van der Waals surface area contributed by atoms with E-state index in [1.54, 1.807) is 0 Å². The second-order valence-corrected chi connectivity index (χ2v) is 4.19. The van der Waals surface area contributed by atoms with Crippen LogP contribution in [-0.2, 0) is 9.53 Å². The Morgan fingerprint density at radius 3 is 2.72 bits per heavy atom. The predicted molar refractivity (Wildman–Crippen MR) is 66.0 cm³/mol. The molecule has 0 bridgehead atoms. The van der Waals surface area contributed by atoms with Gasteiger partial charge in [-0.3, -0.25) is 4.79 Å². The molecule has 94 valence electrons. The summed E-state index contributed by atoms with van der Waals surface area (Å²) in [6.45, 7) is 3.65. The van der Waals surface area contributed by atoms with Gasteiger partial charge in [0.05, 0.1) is 5.92 Å². The molecular formula is C14H16N2O2. The number of hydrogen-bond acceptors (Lipinski definition) is 4. The van der Waals surface area contributed by atoms with Crippen LogP contribution in [0.4, 0.5) is 0 Å². The van der Waals surface area contributed by atoms with Crippen LogP contribution in [0.1, 0.15) is 32.1 Å². The molecule has 1 aliphatic carbocycles. The fraction of sp³-hybridized carbons (Fsp3) is 0.500. The van der Waals surface area contributed by atoms with Crippen molar-refractivity contribution in [2.24, 2.45) is 5.92 Å². The highest BCUT2D eigenvalue weighted by atomic mass is 16.5. The van der Waals surface area contributed by atoms with Crippen LogP contribution in [0.3, 0.4) is 0 Å². The van der Waals surface area contributed by atoms with E-state index in [1.807, 2.05) is 12.1 Å². The first-order valence-electron chi connectivity index (χ1n) is 6.05. The molecule has 1 aliphatic rings. The lowest BCUT2D eigenvalue weighted by Gasteiger charge is -2.16. The molecule has 0 aromatic heterocycles. The lowest BCUT2D eigenvalue weighted by atomic mass is 9.90. The topological polar surface area (TPSA) is 73.9 Å². The number of allylic oxidation sites excluding steroid dienone is 1. The van der Waals surface area contributed by atoms with Crippen molar-refractivity contribution in [1.29, 1.82) is 10.5 Å². The van der Waals surface area contributed by atoms with Crippen LogP contribution in [0.25, 0.3) is 0 Å². The van der Waals surface area contributed by atoms with E-state index in [0.29, 0.717) is 18.4 Å². The van der Waals surface area contributed by atoms with E-state index >= 15 is 0 Å². The Kier molecular flexibility index (Phi) is 5.67. The van der Waals surface area contributed by atoms with Crippen molar-refractivity contribution in [3.05, 3.63) is 23.8 Å². The summed E-state index contributed by atoms with van der Waals surface area (Å²) in [7, 11) is 0. The van der Waals surface area contributed by atoms with E-state index in [9.17, 15) is 4.79 Å². The van der Waals surface area contributed by atoms with E-state index < -0.39 is 5.92 Å². The van der Waals surface area contributed by atoms with Crippen molar-refractivity contribution in [1.82, 2.24) is 0 Å². The molecule has 18 heavy (non-hydrogen) atoms. The van der Waals surface area contributed by atoms with Gasteiger partial charge in [0.2, 0.25) is 0 Å². The monoisotopic (exact) mass is 244 g/mol. The molecule has 0 amide bonds. The third-order valence-electron chi connectivity index (χ3n) is 3.03. The Morgan fingerprint density at radius 2 is 2.11 bits per heavy atom. The smallest absolute Gasteiger partial charge is 0.313 e. The SMILES string of the molecule is C=CCOC(=O)C1CCCCCC1=C(C#N)C#N. The summed E-state index contributed by atoms with van der Waals surface area (Å²) >= 11 is 0. The van der Waals surface area contributed by atoms with E-state index in [2.05, 4.69) is 6.58 Å². The largest absolute Gasteiger partial charge is 0.461 e. The van der Waals surface area contributed by atoms with Crippen molar-refractivity contribution in [3.63, 3.8) is 0 Å². The maximum Gasteiger partial charge on any atom is 0.313 e. The van der Waals surface area contributed by atoms with Gasteiger partial charge in [0.15, 0.2) is 0 Å². The van der Waals surface area contributed by atoms with Crippen molar-refractivity contribution >= 4 is 5.97 Å². The molecule has 0 aromatic rings. The van der Waals surface area contributed by atoms with Crippen LogP contribution >= 0.6 is 0 Å². The number of carbonyl (C=O) groups excluding carboxylic acids is 1. The number of rotatable bonds is 3. The van der Waals surface area contributed by atoms with Crippen LogP contribution in [0.15, 0.2) is 23.8 Å². The number of esters is 1. The van der Waals surface area contributed by atoms with Gasteiger partial charge in [-0.25, -0.2) is 0 Å². The van der Waals surface area contributed by atoms with Gasteiger partial charge in [-0.2, -0.15) is 10.5 Å². The Hall–Kier alpha value is -2.07. The van der Waals surface area contributed by atoms with Gasteiger partial charge in [-0.15, -0.1) is 0 Å². The molecule has 4 nitrogen and oxygen atoms in total. The van der Waals surface area contributed by atoms with Gasteiger partial charge in [0.1, 0.15) is 24.3 Å². The fourth-order valence-corrected chi connectivity index (χ4v) is 2.16. The lowest BCUT2D eigenvalue weighted by Crippen LogP contribution is -2.20. The number of ether oxygens (including phenoxy) is 1. The molecule has 1 saturated carbocycles. The molecule has 1 rings (SSSR count). The van der Waals surface area contributed by atoms with Crippen LogP contribution < -0.4 is 0 Å². The van der Waals surface area contributed by atoms with Gasteiger partial charge < -0.3 is 4.74 Å². The molecule has 0 saturated heterocycles. The average molecular weight is 244 g/mol. The quantitative estimate of drug-likeness (QED) is 0.331. The standard InChI is InChI=1S/C14H16N2O2/c1-2-8-18-14(17)13-7-5-3-4-6-12(13)11(9-15)10-16/h2,13H,1,3-8H2. The summed E-state index contributed by atoms with van der Waals surface area (Å²) in [6, 6.07) is 3.76. The van der Waals surface area contributed by atoms with Crippen LogP contribution in [0, 0.1) is 28.6 Å². The minimum atomic E-state index is -0.443. The summed E-state index contributed by atoms with van der Waals surface area (Å²) in [4.78, 5) is 11.9. The summed E-state index contributed by atoms with van der Waals surface area (Å²) < 4.78 is 5.05. The molecule has 4 heteroatoms. The lowest BCUT2D eigenvalue weighted by molar-refractivity contribution is -0.146. The van der Waals surface area contributed by atoms with Gasteiger partial charge >= 0.3 is 5.97 Å². The number of hydrogen-bond donors (Lipinski definition) is 0. The summed E-state index contributed by atoms with van der Waals surface area (Å²) in [5.74, 6) is -0.795. The molecule has 0 N–H and O–H groups in total. The zero-order valence-electron chi connectivity index (χ0n) is 10.3. The number of nitrogens with zero attached hydrogens (tertiary/aromatic N) is 2. The minimum absolute atomic E-state index is 0.0671. The average Bonchev–Trinajstić information content (AvgIpc) is 2.63. The molecule has 0 aliphatic heterocycles. The van der Waals surface area contributed by atoms with Gasteiger partial charge in [0.25, 0.3) is 0 Å². The van der Waals surface area contributed by atoms with Gasteiger partial charge in [-0.05, 0) is 24.8 Å². The van der Waals surface area contributed by atoms with E-state index in [-0.39, 0.29) is 18.1 Å². The molecular weight excluding hydrogens is 228 g/mol. The summed E-state index contributed by atoms with van der Waals surface area (Å²) in [6.07, 6.45) is 5.63. The van der Waals surface area contributed by atoms with Crippen LogP contribution in [-0.4, -0.2) is 12.6 Å². The molecule has 0 heterocycles. The van der Waals surface area contributed by atoms with Crippen molar-refractivity contribution in [3.8, 4) is 12.1 Å². The third kappa shape index (κ3) is 3.46. The highest BCUT2D eigenvalue weighted by molar-refractivity contribution is 5.77. The van der Waals surface area contributed by atoms with Crippen molar-refractivity contribution in [2.75, 3.05) is 6.61 Å². The second-order valence-electron chi connectivity index (χ2n) is 4.19. The highest BCUT2D eigenvalue weighted by Crippen LogP contribution is 2.31. The fourth-order valence-electron chi connectivity index (χ4n) is 2.16.